The molecule has 248 valence electrons. The first-order valence-electron chi connectivity index (χ1n) is 18.0. The Bertz CT molecular complexity index is 1630. The minimum Gasteiger partial charge on any atom is -0.403 e. The van der Waals surface area contributed by atoms with Crippen molar-refractivity contribution in [1.29, 1.82) is 0 Å². The first-order valence-corrected chi connectivity index (χ1v) is 19.9. The Balaban J connectivity index is 1.05. The quantitative estimate of drug-likeness (QED) is 0.254. The molecule has 0 bridgehead atoms. The summed E-state index contributed by atoms with van der Waals surface area (Å²) in [6.45, 7) is 16.1. The molecule has 5 aliphatic rings. The Hall–Kier alpha value is -3.00. The average molecular weight is 650 g/mol. The summed E-state index contributed by atoms with van der Waals surface area (Å²) in [7, 11) is -2.73. The number of piperidine rings is 2. The Morgan fingerprint density at radius 1 is 0.915 bits per heavy atom. The van der Waals surface area contributed by atoms with Gasteiger partial charge in [0.15, 0.2) is 0 Å². The molecule has 2 aliphatic carbocycles. The molecule has 3 aromatic rings. The normalized spacial score (nSPS) is 27.7. The first-order chi connectivity index (χ1) is 22.5. The van der Waals surface area contributed by atoms with Gasteiger partial charge in [0.2, 0.25) is 0 Å². The van der Waals surface area contributed by atoms with Crippen LogP contribution in [0.25, 0.3) is 0 Å². The van der Waals surface area contributed by atoms with Crippen LogP contribution >= 0.6 is 0 Å². The fourth-order valence-corrected chi connectivity index (χ4v) is 13.7. The Kier molecular flexibility index (Phi) is 7.51. The third-order valence-corrected chi connectivity index (χ3v) is 17.3. The van der Waals surface area contributed by atoms with E-state index >= 15 is 0 Å². The molecule has 3 aliphatic heterocycles. The van der Waals surface area contributed by atoms with Crippen molar-refractivity contribution in [1.82, 2.24) is 9.88 Å². The van der Waals surface area contributed by atoms with E-state index in [1.54, 1.807) is 0 Å². The van der Waals surface area contributed by atoms with E-state index in [0.29, 0.717) is 30.0 Å². The lowest BCUT2D eigenvalue weighted by atomic mass is 9.97. The SMILES string of the molecule is Cc1c(N2CCC(OCC3(C)CC3)C3CC32)nc2c(c1C)C(=O)N1CC(O[Si](c3ccccc3)(c3ccccc3)C(C)(C)C)CCC21. The van der Waals surface area contributed by atoms with Crippen LogP contribution in [0, 0.1) is 25.2 Å². The number of ether oxygens (including phenoxy) is 1. The van der Waals surface area contributed by atoms with E-state index in [4.69, 9.17) is 14.1 Å². The van der Waals surface area contributed by atoms with Crippen molar-refractivity contribution in [2.24, 2.45) is 11.3 Å². The molecule has 0 radical (unpaired) electrons. The second-order valence-electron chi connectivity index (χ2n) is 16.5. The van der Waals surface area contributed by atoms with Gasteiger partial charge in [-0.25, -0.2) is 4.98 Å². The summed E-state index contributed by atoms with van der Waals surface area (Å²) in [6.07, 6.45) is 6.99. The van der Waals surface area contributed by atoms with E-state index in [1.807, 2.05) is 0 Å². The summed E-state index contributed by atoms with van der Waals surface area (Å²) in [4.78, 5) is 24.3. The lowest BCUT2D eigenvalue weighted by Crippen LogP contribution is -2.68. The van der Waals surface area contributed by atoms with Gasteiger partial charge in [-0.05, 0) is 84.3 Å². The van der Waals surface area contributed by atoms with Crippen LogP contribution in [0.15, 0.2) is 60.7 Å². The molecule has 2 saturated carbocycles. The number of carbonyl (C=O) groups excluding carboxylic acids is 1. The smallest absolute Gasteiger partial charge is 0.261 e. The minimum absolute atomic E-state index is 0.0183. The van der Waals surface area contributed by atoms with Crippen molar-refractivity contribution in [3.05, 3.63) is 83.0 Å². The Morgan fingerprint density at radius 2 is 1.57 bits per heavy atom. The highest BCUT2D eigenvalue weighted by atomic mass is 28.4. The first kappa shape index (κ1) is 31.3. The number of hydrogen-bond acceptors (Lipinski definition) is 5. The molecule has 1 amide bonds. The van der Waals surface area contributed by atoms with Gasteiger partial charge in [-0.2, -0.15) is 0 Å². The molecule has 1 aromatic heterocycles. The summed E-state index contributed by atoms with van der Waals surface area (Å²) in [6, 6.07) is 22.2. The third-order valence-electron chi connectivity index (χ3n) is 12.2. The van der Waals surface area contributed by atoms with Gasteiger partial charge in [0, 0.05) is 25.0 Å². The molecule has 2 saturated heterocycles. The molecule has 5 atom stereocenters. The zero-order valence-electron chi connectivity index (χ0n) is 29.1. The average Bonchev–Trinajstić information content (AvgIpc) is 4.00. The maximum atomic E-state index is 14.2. The van der Waals surface area contributed by atoms with Crippen molar-refractivity contribution in [2.75, 3.05) is 24.6 Å². The van der Waals surface area contributed by atoms with E-state index in [0.717, 1.165) is 60.6 Å². The lowest BCUT2D eigenvalue weighted by molar-refractivity contribution is 0.00310. The van der Waals surface area contributed by atoms with E-state index in [2.05, 4.69) is 112 Å². The van der Waals surface area contributed by atoms with Crippen LogP contribution in [-0.4, -0.2) is 62.1 Å². The Morgan fingerprint density at radius 3 is 2.19 bits per heavy atom. The molecule has 4 fully saturated rings. The van der Waals surface area contributed by atoms with Gasteiger partial charge < -0.3 is 19.0 Å². The van der Waals surface area contributed by atoms with Crippen molar-refractivity contribution in [3.8, 4) is 0 Å². The van der Waals surface area contributed by atoms with Crippen molar-refractivity contribution in [3.63, 3.8) is 0 Å². The number of aromatic nitrogens is 1. The monoisotopic (exact) mass is 649 g/mol. The number of carbonyl (C=O) groups is 1. The molecule has 47 heavy (non-hydrogen) atoms. The van der Waals surface area contributed by atoms with E-state index < -0.39 is 8.32 Å². The van der Waals surface area contributed by atoms with Gasteiger partial charge in [0.25, 0.3) is 14.2 Å². The van der Waals surface area contributed by atoms with Crippen LogP contribution in [0.2, 0.25) is 5.04 Å². The predicted molar refractivity (Wildman–Crippen MR) is 190 cm³/mol. The van der Waals surface area contributed by atoms with Crippen molar-refractivity contribution >= 4 is 30.4 Å². The van der Waals surface area contributed by atoms with Crippen LogP contribution in [0.4, 0.5) is 5.82 Å². The van der Waals surface area contributed by atoms with E-state index in [1.165, 1.54) is 29.6 Å². The van der Waals surface area contributed by atoms with Crippen LogP contribution in [-0.2, 0) is 9.16 Å². The van der Waals surface area contributed by atoms with Crippen molar-refractivity contribution < 1.29 is 14.0 Å². The number of nitrogens with zero attached hydrogens (tertiary/aromatic N) is 3. The molecular formula is C40H51N3O3Si. The van der Waals surface area contributed by atoms with Gasteiger partial charge >= 0.3 is 0 Å². The van der Waals surface area contributed by atoms with Crippen LogP contribution < -0.4 is 15.3 Å². The summed E-state index contributed by atoms with van der Waals surface area (Å²) in [5.74, 6) is 1.83. The van der Waals surface area contributed by atoms with Gasteiger partial charge in [0.1, 0.15) is 5.82 Å². The van der Waals surface area contributed by atoms with E-state index in [9.17, 15) is 4.79 Å². The van der Waals surface area contributed by atoms with Crippen molar-refractivity contribution in [2.45, 2.75) is 109 Å². The molecule has 8 rings (SSSR count). The number of hydrogen-bond donors (Lipinski definition) is 0. The molecule has 4 heterocycles. The van der Waals surface area contributed by atoms with Gasteiger partial charge in [-0.3, -0.25) is 4.79 Å². The zero-order chi connectivity index (χ0) is 32.7. The molecule has 7 heteroatoms. The fourth-order valence-electron chi connectivity index (χ4n) is 8.96. The molecule has 6 nitrogen and oxygen atoms in total. The highest BCUT2D eigenvalue weighted by molar-refractivity contribution is 6.99. The second-order valence-corrected chi connectivity index (χ2v) is 20.8. The number of rotatable bonds is 8. The zero-order valence-corrected chi connectivity index (χ0v) is 30.1. The topological polar surface area (TPSA) is 54.9 Å². The standard InChI is InChI=1S/C40H51N3O3Si/c1-26-27(2)37(42-22-19-34(31-23-33(31)42)45-25-40(6)20-21-40)41-36-32-18-17-28(24-43(32)38(44)35(26)36)46-47(39(3,4)5,29-13-9-7-10-14-29)30-15-11-8-12-16-30/h7-16,28,31-34H,17-25H2,1-6H3. The minimum atomic E-state index is -2.73. The molecule has 0 spiro atoms. The van der Waals surface area contributed by atoms with Gasteiger partial charge in [-0.15, -0.1) is 0 Å². The number of anilines is 1. The van der Waals surface area contributed by atoms with Crippen LogP contribution in [0.5, 0.6) is 0 Å². The van der Waals surface area contributed by atoms with Crippen LogP contribution in [0.3, 0.4) is 0 Å². The van der Waals surface area contributed by atoms with Crippen LogP contribution in [0.1, 0.15) is 99.4 Å². The number of benzene rings is 2. The molecular weight excluding hydrogens is 599 g/mol. The number of amides is 1. The number of fused-ring (bicyclic) bond motifs is 4. The maximum Gasteiger partial charge on any atom is 0.261 e. The van der Waals surface area contributed by atoms with Gasteiger partial charge in [-0.1, -0.05) is 88.4 Å². The number of pyridine rings is 1. The van der Waals surface area contributed by atoms with Gasteiger partial charge in [0.05, 0.1) is 36.1 Å². The maximum absolute atomic E-state index is 14.2. The highest BCUT2D eigenvalue weighted by Gasteiger charge is 2.55. The largest absolute Gasteiger partial charge is 0.403 e. The predicted octanol–water partition coefficient (Wildman–Crippen LogP) is 6.72. The molecule has 2 aromatic carbocycles. The summed E-state index contributed by atoms with van der Waals surface area (Å²) in [5.41, 5.74) is 4.53. The highest BCUT2D eigenvalue weighted by Crippen LogP contribution is 2.51. The summed E-state index contributed by atoms with van der Waals surface area (Å²) >= 11 is 0. The molecule has 5 unspecified atom stereocenters. The summed E-state index contributed by atoms with van der Waals surface area (Å²) in [5, 5.41) is 2.46. The lowest BCUT2D eigenvalue weighted by Gasteiger charge is -2.47. The second kappa shape index (κ2) is 11.3. The Labute approximate surface area is 282 Å². The third kappa shape index (κ3) is 5.19. The summed E-state index contributed by atoms with van der Waals surface area (Å²) < 4.78 is 14.0. The molecule has 0 N–H and O–H groups in total. The van der Waals surface area contributed by atoms with E-state index in [-0.39, 0.29) is 23.1 Å². The fraction of sp³-hybridized carbons (Fsp3) is 0.550.